The third-order valence-electron chi connectivity index (χ3n) is 5.40. The van der Waals surface area contributed by atoms with Crippen LogP contribution < -0.4 is 0 Å². The molecule has 5 rings (SSSR count). The number of thioether (sulfide) groups is 1. The van der Waals surface area contributed by atoms with E-state index in [1.807, 2.05) is 36.4 Å². The van der Waals surface area contributed by atoms with Crippen molar-refractivity contribution >= 4 is 35.0 Å². The Morgan fingerprint density at radius 3 is 2.17 bits per heavy atom. The predicted molar refractivity (Wildman–Crippen MR) is 138 cm³/mol. The third kappa shape index (κ3) is 5.48. The second-order valence-electron chi connectivity index (χ2n) is 7.90. The Bertz CT molecular complexity index is 1490. The zero-order valence-electron chi connectivity index (χ0n) is 18.5. The van der Waals surface area contributed by atoms with Gasteiger partial charge in [0, 0.05) is 33.1 Å². The molecule has 0 saturated heterocycles. The smallest absolute Gasteiger partial charge is 0.416 e. The van der Waals surface area contributed by atoms with Crippen LogP contribution in [-0.2, 0) is 11.9 Å². The maximum absolute atomic E-state index is 13.4. The van der Waals surface area contributed by atoms with Crippen LogP contribution in [-0.4, -0.2) is 9.55 Å². The van der Waals surface area contributed by atoms with E-state index in [4.69, 9.17) is 32.6 Å². The van der Waals surface area contributed by atoms with Crippen molar-refractivity contribution in [1.82, 2.24) is 9.55 Å². The number of aromatic nitrogens is 2. The number of alkyl halides is 3. The molecule has 0 spiro atoms. The average Bonchev–Trinajstić information content (AvgIpc) is 3.51. The molecule has 9 heteroatoms. The SMILES string of the molecule is FC(F)(F)c1cccc(-n2cc(-c3ccc(Cl)cc3)nc2SCc2ccc(-c3ccc(Cl)cc3)o2)c1. The van der Waals surface area contributed by atoms with Crippen LogP contribution in [0.2, 0.25) is 10.0 Å². The molecular formula is C27H17Cl2F3N2OS. The van der Waals surface area contributed by atoms with Crippen LogP contribution in [0.5, 0.6) is 0 Å². The number of furan rings is 1. The van der Waals surface area contributed by atoms with Gasteiger partial charge in [-0.15, -0.1) is 0 Å². The van der Waals surface area contributed by atoms with Crippen LogP contribution >= 0.6 is 35.0 Å². The van der Waals surface area contributed by atoms with Crippen molar-refractivity contribution in [2.24, 2.45) is 0 Å². The lowest BCUT2D eigenvalue weighted by Gasteiger charge is -2.11. The third-order valence-corrected chi connectivity index (χ3v) is 6.88. The van der Waals surface area contributed by atoms with Crippen molar-refractivity contribution in [2.75, 3.05) is 0 Å². The van der Waals surface area contributed by atoms with Gasteiger partial charge in [0.1, 0.15) is 11.5 Å². The number of rotatable bonds is 6. The van der Waals surface area contributed by atoms with Gasteiger partial charge in [0.05, 0.1) is 17.0 Å². The highest BCUT2D eigenvalue weighted by Gasteiger charge is 2.30. The Morgan fingerprint density at radius 1 is 0.833 bits per heavy atom. The summed E-state index contributed by atoms with van der Waals surface area (Å²) in [6, 6.07) is 23.4. The summed E-state index contributed by atoms with van der Waals surface area (Å²) in [5.74, 6) is 1.84. The Morgan fingerprint density at radius 2 is 1.50 bits per heavy atom. The molecule has 5 aromatic rings. The molecule has 182 valence electrons. The van der Waals surface area contributed by atoms with Gasteiger partial charge in [0.25, 0.3) is 0 Å². The summed E-state index contributed by atoms with van der Waals surface area (Å²) in [7, 11) is 0. The Labute approximate surface area is 219 Å². The van der Waals surface area contributed by atoms with E-state index < -0.39 is 11.7 Å². The van der Waals surface area contributed by atoms with Crippen LogP contribution in [0.1, 0.15) is 11.3 Å². The first-order valence-electron chi connectivity index (χ1n) is 10.8. The maximum Gasteiger partial charge on any atom is 0.416 e. The van der Waals surface area contributed by atoms with E-state index in [2.05, 4.69) is 0 Å². The molecule has 3 aromatic carbocycles. The first-order chi connectivity index (χ1) is 17.3. The van der Waals surface area contributed by atoms with Gasteiger partial charge in [-0.1, -0.05) is 53.2 Å². The average molecular weight is 545 g/mol. The second-order valence-corrected chi connectivity index (χ2v) is 9.71. The van der Waals surface area contributed by atoms with E-state index in [1.165, 1.54) is 17.8 Å². The predicted octanol–water partition coefficient (Wildman–Crippen LogP) is 9.42. The summed E-state index contributed by atoms with van der Waals surface area (Å²) in [5.41, 5.74) is 1.95. The lowest BCUT2D eigenvalue weighted by Crippen LogP contribution is -2.06. The fourth-order valence-corrected chi connectivity index (χ4v) is 4.74. The van der Waals surface area contributed by atoms with Gasteiger partial charge >= 0.3 is 6.18 Å². The van der Waals surface area contributed by atoms with Crippen molar-refractivity contribution in [3.63, 3.8) is 0 Å². The molecule has 0 bridgehead atoms. The second kappa shape index (κ2) is 10.1. The summed E-state index contributed by atoms with van der Waals surface area (Å²) >= 11 is 13.3. The number of imidazole rings is 1. The number of benzene rings is 3. The zero-order chi connectivity index (χ0) is 25.3. The number of hydrogen-bond acceptors (Lipinski definition) is 3. The highest BCUT2D eigenvalue weighted by molar-refractivity contribution is 7.98. The van der Waals surface area contributed by atoms with Gasteiger partial charge in [-0.25, -0.2) is 4.98 Å². The Hall–Kier alpha value is -3.13. The van der Waals surface area contributed by atoms with E-state index >= 15 is 0 Å². The Kier molecular flexibility index (Phi) is 6.88. The van der Waals surface area contributed by atoms with Crippen LogP contribution in [0.15, 0.2) is 101 Å². The molecule has 0 aliphatic heterocycles. The van der Waals surface area contributed by atoms with Gasteiger partial charge in [-0.3, -0.25) is 4.57 Å². The fraction of sp³-hybridized carbons (Fsp3) is 0.0741. The molecule has 36 heavy (non-hydrogen) atoms. The molecule has 0 aliphatic carbocycles. The lowest BCUT2D eigenvalue weighted by atomic mass is 10.2. The molecule has 2 aromatic heterocycles. The number of hydrogen-bond donors (Lipinski definition) is 0. The summed E-state index contributed by atoms with van der Waals surface area (Å²) in [5, 5.41) is 1.75. The Balaban J connectivity index is 1.46. The minimum atomic E-state index is -4.45. The van der Waals surface area contributed by atoms with Gasteiger partial charge < -0.3 is 4.42 Å². The van der Waals surface area contributed by atoms with Crippen molar-refractivity contribution < 1.29 is 17.6 Å². The van der Waals surface area contributed by atoms with Crippen molar-refractivity contribution in [3.8, 4) is 28.3 Å². The van der Waals surface area contributed by atoms with E-state index in [0.29, 0.717) is 43.9 Å². The van der Waals surface area contributed by atoms with Gasteiger partial charge in [0.15, 0.2) is 5.16 Å². The molecular weight excluding hydrogens is 528 g/mol. The van der Waals surface area contributed by atoms with Crippen LogP contribution in [0.25, 0.3) is 28.3 Å². The molecule has 2 heterocycles. The molecule has 3 nitrogen and oxygen atoms in total. The van der Waals surface area contributed by atoms with Crippen LogP contribution in [0.3, 0.4) is 0 Å². The molecule has 0 aliphatic rings. The normalized spacial score (nSPS) is 11.7. The fourth-order valence-electron chi connectivity index (χ4n) is 3.60. The van der Waals surface area contributed by atoms with E-state index in [1.54, 1.807) is 41.1 Å². The summed E-state index contributed by atoms with van der Waals surface area (Å²) in [6.45, 7) is 0. The molecule has 0 atom stereocenters. The first kappa shape index (κ1) is 24.6. The first-order valence-corrected chi connectivity index (χ1v) is 12.5. The minimum absolute atomic E-state index is 0.362. The van der Waals surface area contributed by atoms with Gasteiger partial charge in [-0.05, 0) is 66.7 Å². The van der Waals surface area contributed by atoms with Crippen molar-refractivity contribution in [2.45, 2.75) is 17.1 Å². The minimum Gasteiger partial charge on any atom is -0.460 e. The number of nitrogens with zero attached hydrogens (tertiary/aromatic N) is 2. The monoisotopic (exact) mass is 544 g/mol. The van der Waals surface area contributed by atoms with Crippen molar-refractivity contribution in [1.29, 1.82) is 0 Å². The molecule has 0 fully saturated rings. The zero-order valence-corrected chi connectivity index (χ0v) is 20.8. The van der Waals surface area contributed by atoms with Crippen molar-refractivity contribution in [3.05, 3.63) is 112 Å². The van der Waals surface area contributed by atoms with E-state index in [-0.39, 0.29) is 0 Å². The highest BCUT2D eigenvalue weighted by atomic mass is 35.5. The van der Waals surface area contributed by atoms with Gasteiger partial charge in [0.2, 0.25) is 0 Å². The number of halogens is 5. The molecule has 0 radical (unpaired) electrons. The van der Waals surface area contributed by atoms with Crippen LogP contribution in [0, 0.1) is 0 Å². The van der Waals surface area contributed by atoms with Crippen LogP contribution in [0.4, 0.5) is 13.2 Å². The maximum atomic E-state index is 13.4. The largest absolute Gasteiger partial charge is 0.460 e. The molecule has 0 saturated carbocycles. The van der Waals surface area contributed by atoms with E-state index in [9.17, 15) is 13.2 Å². The molecule has 0 unspecified atom stereocenters. The summed E-state index contributed by atoms with van der Waals surface area (Å²) in [4.78, 5) is 4.71. The molecule has 0 N–H and O–H groups in total. The summed E-state index contributed by atoms with van der Waals surface area (Å²) < 4.78 is 47.7. The lowest BCUT2D eigenvalue weighted by molar-refractivity contribution is -0.137. The highest BCUT2D eigenvalue weighted by Crippen LogP contribution is 2.34. The quantitative estimate of drug-likeness (QED) is 0.199. The summed E-state index contributed by atoms with van der Waals surface area (Å²) in [6.07, 6.45) is -2.72. The topological polar surface area (TPSA) is 31.0 Å². The van der Waals surface area contributed by atoms with E-state index in [0.717, 1.165) is 23.3 Å². The van der Waals surface area contributed by atoms with Gasteiger partial charge in [-0.2, -0.15) is 13.2 Å². The standard InChI is InChI=1S/C27H17Cl2F3N2OS/c28-20-8-4-17(5-9-20)24-15-34(22-3-1-2-19(14-22)27(30,31)32)26(33-24)36-16-23-12-13-25(35-23)18-6-10-21(29)11-7-18/h1-15H,16H2. The molecule has 0 amide bonds.